The lowest BCUT2D eigenvalue weighted by atomic mass is 9.79. The molecular formula is C25H25BrN2O5. The van der Waals surface area contributed by atoms with E-state index in [1.807, 2.05) is 24.3 Å². The van der Waals surface area contributed by atoms with Crippen molar-refractivity contribution in [2.24, 2.45) is 0 Å². The fraction of sp³-hybridized carbons (Fsp3) is 0.320. The zero-order valence-corrected chi connectivity index (χ0v) is 19.9. The average Bonchev–Trinajstić information content (AvgIpc) is 3.25. The Labute approximate surface area is 200 Å². The van der Waals surface area contributed by atoms with Gasteiger partial charge < -0.3 is 19.8 Å². The molecule has 0 radical (unpaired) electrons. The van der Waals surface area contributed by atoms with E-state index in [9.17, 15) is 14.4 Å². The van der Waals surface area contributed by atoms with Crippen molar-refractivity contribution in [2.45, 2.75) is 44.1 Å². The first-order chi connectivity index (χ1) is 15.9. The Balaban J connectivity index is 1.68. The van der Waals surface area contributed by atoms with E-state index in [-0.39, 0.29) is 24.1 Å². The summed E-state index contributed by atoms with van der Waals surface area (Å²) >= 11 is 3.19. The number of benzene rings is 2. The number of rotatable bonds is 6. The van der Waals surface area contributed by atoms with E-state index in [4.69, 9.17) is 9.15 Å². The number of fused-ring (bicyclic) bond motifs is 1. The van der Waals surface area contributed by atoms with Crippen LogP contribution in [0.2, 0.25) is 0 Å². The Morgan fingerprint density at radius 3 is 2.33 bits per heavy atom. The molecule has 0 saturated heterocycles. The Morgan fingerprint density at radius 1 is 1.00 bits per heavy atom. The van der Waals surface area contributed by atoms with Crippen LogP contribution in [0.25, 0.3) is 10.8 Å². The summed E-state index contributed by atoms with van der Waals surface area (Å²) in [7, 11) is 1.35. The minimum atomic E-state index is -0.665. The number of anilines is 1. The van der Waals surface area contributed by atoms with Crippen LogP contribution in [-0.4, -0.2) is 30.4 Å². The number of halogens is 1. The summed E-state index contributed by atoms with van der Waals surface area (Å²) in [6.45, 7) is 0. The van der Waals surface area contributed by atoms with E-state index < -0.39 is 11.4 Å². The normalized spacial score (nSPS) is 15.1. The Morgan fingerprint density at radius 2 is 1.70 bits per heavy atom. The molecule has 0 unspecified atom stereocenters. The van der Waals surface area contributed by atoms with Gasteiger partial charge in [-0.15, -0.1) is 0 Å². The smallest absolute Gasteiger partial charge is 0.307 e. The van der Waals surface area contributed by atoms with Gasteiger partial charge in [-0.1, -0.05) is 43.5 Å². The molecule has 1 aliphatic carbocycles. The third kappa shape index (κ3) is 5.27. The van der Waals surface area contributed by atoms with Crippen LogP contribution in [0.1, 0.15) is 59.4 Å². The topological polar surface area (TPSA) is 97.6 Å². The standard InChI is InChI=1S/C25H25BrN2O5/c1-32-22(29)15-25(11-5-2-6-12-25)28-23(30)18-13-16-7-3-4-8-17(16)14-19(18)27-24(31)20-9-10-21(26)33-20/h3-4,7-10,13-14H,2,5-6,11-12,15H2,1H3,(H,27,31)(H,28,30). The molecular weight excluding hydrogens is 488 g/mol. The van der Waals surface area contributed by atoms with Gasteiger partial charge in [0, 0.05) is 0 Å². The van der Waals surface area contributed by atoms with E-state index in [1.54, 1.807) is 24.3 Å². The first-order valence-corrected chi connectivity index (χ1v) is 11.7. The third-order valence-corrected chi connectivity index (χ3v) is 6.50. The highest BCUT2D eigenvalue weighted by molar-refractivity contribution is 9.10. The molecule has 1 heterocycles. The predicted octanol–water partition coefficient (Wildman–Crippen LogP) is 5.44. The molecule has 7 nitrogen and oxygen atoms in total. The molecule has 2 aromatic carbocycles. The van der Waals surface area contributed by atoms with Crippen molar-refractivity contribution in [3.8, 4) is 0 Å². The quantitative estimate of drug-likeness (QED) is 0.428. The third-order valence-electron chi connectivity index (χ3n) is 6.08. The van der Waals surface area contributed by atoms with Crippen LogP contribution in [-0.2, 0) is 9.53 Å². The van der Waals surface area contributed by atoms with Crippen molar-refractivity contribution in [1.29, 1.82) is 0 Å². The molecule has 0 atom stereocenters. The van der Waals surface area contributed by atoms with Gasteiger partial charge in [0.15, 0.2) is 10.4 Å². The summed E-state index contributed by atoms with van der Waals surface area (Å²) in [6.07, 6.45) is 4.42. The Hall–Kier alpha value is -3.13. The van der Waals surface area contributed by atoms with Crippen molar-refractivity contribution >= 4 is 50.2 Å². The van der Waals surface area contributed by atoms with Gasteiger partial charge in [0.1, 0.15) is 0 Å². The molecule has 4 rings (SSSR count). The van der Waals surface area contributed by atoms with E-state index >= 15 is 0 Å². The predicted molar refractivity (Wildman–Crippen MR) is 128 cm³/mol. The summed E-state index contributed by atoms with van der Waals surface area (Å²) in [5.41, 5.74) is 0.0246. The molecule has 0 aliphatic heterocycles. The highest BCUT2D eigenvalue weighted by atomic mass is 79.9. The summed E-state index contributed by atoms with van der Waals surface area (Å²) in [6, 6.07) is 14.3. The molecule has 0 spiro atoms. The van der Waals surface area contributed by atoms with E-state index in [0.29, 0.717) is 28.8 Å². The fourth-order valence-corrected chi connectivity index (χ4v) is 4.69. The molecule has 3 aromatic rings. The van der Waals surface area contributed by atoms with Gasteiger partial charge in [0.05, 0.1) is 30.3 Å². The van der Waals surface area contributed by atoms with Crippen LogP contribution in [0.15, 0.2) is 57.6 Å². The zero-order chi connectivity index (χ0) is 23.4. The van der Waals surface area contributed by atoms with Gasteiger partial charge in [-0.25, -0.2) is 0 Å². The van der Waals surface area contributed by atoms with Crippen LogP contribution < -0.4 is 10.6 Å². The number of carbonyl (C=O) groups is 3. The number of ether oxygens (including phenoxy) is 1. The molecule has 8 heteroatoms. The molecule has 1 fully saturated rings. The lowest BCUT2D eigenvalue weighted by Gasteiger charge is -2.37. The number of amides is 2. The highest BCUT2D eigenvalue weighted by Gasteiger charge is 2.37. The lowest BCUT2D eigenvalue weighted by molar-refractivity contribution is -0.142. The molecule has 0 bridgehead atoms. The molecule has 33 heavy (non-hydrogen) atoms. The molecule has 1 aliphatic rings. The monoisotopic (exact) mass is 512 g/mol. The number of hydrogen-bond donors (Lipinski definition) is 2. The number of furan rings is 1. The minimum Gasteiger partial charge on any atom is -0.469 e. The maximum absolute atomic E-state index is 13.5. The van der Waals surface area contributed by atoms with Crippen LogP contribution in [0.4, 0.5) is 5.69 Å². The number of carbonyl (C=O) groups excluding carboxylic acids is 3. The van der Waals surface area contributed by atoms with Crippen molar-refractivity contribution in [3.05, 3.63) is 64.5 Å². The van der Waals surface area contributed by atoms with Gasteiger partial charge >= 0.3 is 5.97 Å². The average molecular weight is 513 g/mol. The van der Waals surface area contributed by atoms with Gasteiger partial charge in [0.2, 0.25) is 0 Å². The summed E-state index contributed by atoms with van der Waals surface area (Å²) in [4.78, 5) is 38.4. The molecule has 1 saturated carbocycles. The molecule has 2 amide bonds. The van der Waals surface area contributed by atoms with E-state index in [2.05, 4.69) is 26.6 Å². The summed E-state index contributed by atoms with van der Waals surface area (Å²) in [5.74, 6) is -1.04. The fourth-order valence-electron chi connectivity index (χ4n) is 4.38. The second-order valence-electron chi connectivity index (χ2n) is 8.35. The van der Waals surface area contributed by atoms with E-state index in [1.165, 1.54) is 7.11 Å². The minimum absolute atomic E-state index is 0.116. The Bertz CT molecular complexity index is 1200. The second kappa shape index (κ2) is 9.79. The maximum Gasteiger partial charge on any atom is 0.307 e. The SMILES string of the molecule is COC(=O)CC1(NC(=O)c2cc3ccccc3cc2NC(=O)c2ccc(Br)o2)CCCCC1. The van der Waals surface area contributed by atoms with Gasteiger partial charge in [0.25, 0.3) is 11.8 Å². The Kier molecular flexibility index (Phi) is 6.83. The van der Waals surface area contributed by atoms with Crippen LogP contribution in [0, 0.1) is 0 Å². The van der Waals surface area contributed by atoms with Crippen LogP contribution in [0.3, 0.4) is 0 Å². The maximum atomic E-state index is 13.5. The number of hydrogen-bond acceptors (Lipinski definition) is 5. The van der Waals surface area contributed by atoms with Gasteiger partial charge in [-0.3, -0.25) is 14.4 Å². The van der Waals surface area contributed by atoms with Crippen molar-refractivity contribution < 1.29 is 23.5 Å². The van der Waals surface area contributed by atoms with Gasteiger partial charge in [-0.05, 0) is 63.8 Å². The highest BCUT2D eigenvalue weighted by Crippen LogP contribution is 2.33. The zero-order valence-electron chi connectivity index (χ0n) is 18.3. The van der Waals surface area contributed by atoms with E-state index in [0.717, 1.165) is 30.0 Å². The number of methoxy groups -OCH3 is 1. The first kappa shape index (κ1) is 23.0. The molecule has 1 aromatic heterocycles. The second-order valence-corrected chi connectivity index (χ2v) is 9.13. The van der Waals surface area contributed by atoms with Crippen LogP contribution >= 0.6 is 15.9 Å². The van der Waals surface area contributed by atoms with Crippen LogP contribution in [0.5, 0.6) is 0 Å². The number of esters is 1. The first-order valence-electron chi connectivity index (χ1n) is 10.9. The van der Waals surface area contributed by atoms with Gasteiger partial charge in [-0.2, -0.15) is 0 Å². The number of nitrogens with one attached hydrogen (secondary N) is 2. The molecule has 2 N–H and O–H groups in total. The summed E-state index contributed by atoms with van der Waals surface area (Å²) < 4.78 is 10.7. The van der Waals surface area contributed by atoms with Crippen molar-refractivity contribution in [3.63, 3.8) is 0 Å². The van der Waals surface area contributed by atoms with Crippen molar-refractivity contribution in [2.75, 3.05) is 12.4 Å². The lowest BCUT2D eigenvalue weighted by Crippen LogP contribution is -2.51. The van der Waals surface area contributed by atoms with Crippen molar-refractivity contribution in [1.82, 2.24) is 5.32 Å². The molecule has 172 valence electrons. The summed E-state index contributed by atoms with van der Waals surface area (Å²) in [5, 5.41) is 7.67. The largest absolute Gasteiger partial charge is 0.469 e.